The number of hydrogen-bond acceptors (Lipinski definition) is 4. The minimum absolute atomic E-state index is 0.0417. The van der Waals surface area contributed by atoms with Gasteiger partial charge in [0.15, 0.2) is 0 Å². The van der Waals surface area contributed by atoms with Gasteiger partial charge in [0.05, 0.1) is 19.8 Å². The van der Waals surface area contributed by atoms with Crippen molar-refractivity contribution in [3.63, 3.8) is 0 Å². The van der Waals surface area contributed by atoms with E-state index in [0.29, 0.717) is 13.0 Å². The summed E-state index contributed by atoms with van der Waals surface area (Å²) in [5.74, 6) is -0.0704. The van der Waals surface area contributed by atoms with Crippen LogP contribution in [-0.4, -0.2) is 36.6 Å². The van der Waals surface area contributed by atoms with Gasteiger partial charge in [0.25, 0.3) is 5.91 Å². The molecule has 1 amide bonds. The van der Waals surface area contributed by atoms with Crippen LogP contribution in [0.1, 0.15) is 38.1 Å². The van der Waals surface area contributed by atoms with E-state index in [-0.39, 0.29) is 11.3 Å². The summed E-state index contributed by atoms with van der Waals surface area (Å²) < 4.78 is 52.0. The van der Waals surface area contributed by atoms with Crippen LogP contribution in [0.25, 0.3) is 10.9 Å². The van der Waals surface area contributed by atoms with Crippen LogP contribution in [0.15, 0.2) is 52.3 Å². The number of alkyl halides is 3. The van der Waals surface area contributed by atoms with Gasteiger partial charge in [-0.3, -0.25) is 4.79 Å². The number of benzene rings is 2. The highest BCUT2D eigenvalue weighted by atomic mass is 79.9. The number of halogens is 4. The van der Waals surface area contributed by atoms with Crippen LogP contribution in [0.5, 0.6) is 11.5 Å². The van der Waals surface area contributed by atoms with Crippen molar-refractivity contribution in [2.24, 2.45) is 0 Å². The standard InChI is InChI=1S/C25H20BrF3N2O3S/c1-33-15-4-5-19-17(11-15)16-7-8-31(23(22(16)30-19)21-10-14(26)12-35-21)24(32)13-3-6-20(34-2)18(9-13)25(27,28)29/h3-6,9-12,23,30H,7-8H2,1-2H3/t23-/m1/s1. The van der Waals surface area contributed by atoms with Crippen molar-refractivity contribution in [2.75, 3.05) is 20.8 Å². The van der Waals surface area contributed by atoms with Crippen LogP contribution in [-0.2, 0) is 12.6 Å². The van der Waals surface area contributed by atoms with Gasteiger partial charge in [-0.05, 0) is 70.4 Å². The number of carbonyl (C=O) groups excluding carboxylic acids is 1. The summed E-state index contributed by atoms with van der Waals surface area (Å²) in [5, 5.41) is 2.93. The maximum Gasteiger partial charge on any atom is 0.419 e. The molecule has 0 fully saturated rings. The predicted octanol–water partition coefficient (Wildman–Crippen LogP) is 6.82. The Hall–Kier alpha value is -2.98. The first kappa shape index (κ1) is 23.7. The molecular weight excluding hydrogens is 545 g/mol. The van der Waals surface area contributed by atoms with Gasteiger partial charge in [0.1, 0.15) is 17.5 Å². The molecule has 10 heteroatoms. The first-order chi connectivity index (χ1) is 16.7. The number of thiophene rings is 1. The van der Waals surface area contributed by atoms with Gasteiger partial charge < -0.3 is 19.4 Å². The summed E-state index contributed by atoms with van der Waals surface area (Å²) in [4.78, 5) is 19.7. The molecule has 1 aliphatic heterocycles. The van der Waals surface area contributed by atoms with Gasteiger partial charge in [-0.15, -0.1) is 11.3 Å². The van der Waals surface area contributed by atoms with Crippen molar-refractivity contribution >= 4 is 44.1 Å². The second kappa shape index (κ2) is 8.91. The maximum atomic E-state index is 13.7. The molecule has 2 aromatic heterocycles. The molecule has 5 rings (SSSR count). The van der Waals surface area contributed by atoms with Gasteiger partial charge in [-0.25, -0.2) is 0 Å². The molecule has 1 N–H and O–H groups in total. The first-order valence-corrected chi connectivity index (χ1v) is 12.4. The Bertz CT molecular complexity index is 1430. The van der Waals surface area contributed by atoms with E-state index in [1.54, 1.807) is 12.0 Å². The Balaban J connectivity index is 1.62. The number of hydrogen-bond donors (Lipinski definition) is 1. The largest absolute Gasteiger partial charge is 0.497 e. The molecule has 3 heterocycles. The van der Waals surface area contributed by atoms with Crippen molar-refractivity contribution in [3.05, 3.63) is 79.6 Å². The third kappa shape index (κ3) is 4.18. The van der Waals surface area contributed by atoms with Crippen LogP contribution >= 0.6 is 27.3 Å². The molecule has 0 radical (unpaired) electrons. The van der Waals surface area contributed by atoms with E-state index in [9.17, 15) is 18.0 Å². The summed E-state index contributed by atoms with van der Waals surface area (Å²) in [5.41, 5.74) is 1.82. The molecule has 182 valence electrons. The lowest BCUT2D eigenvalue weighted by atomic mass is 9.95. The summed E-state index contributed by atoms with van der Waals surface area (Å²) >= 11 is 4.96. The zero-order valence-corrected chi connectivity index (χ0v) is 21.1. The van der Waals surface area contributed by atoms with E-state index in [2.05, 4.69) is 20.9 Å². The number of fused-ring (bicyclic) bond motifs is 3. The third-order valence-corrected chi connectivity index (χ3v) is 7.95. The molecule has 5 nitrogen and oxygen atoms in total. The van der Waals surface area contributed by atoms with Crippen LogP contribution in [0.4, 0.5) is 13.2 Å². The smallest absolute Gasteiger partial charge is 0.419 e. The maximum absolute atomic E-state index is 13.7. The number of aromatic nitrogens is 1. The molecule has 0 saturated carbocycles. The number of aromatic amines is 1. The fourth-order valence-corrected chi connectivity index (χ4v) is 6.17. The highest BCUT2D eigenvalue weighted by Crippen LogP contribution is 2.43. The van der Waals surface area contributed by atoms with Crippen molar-refractivity contribution in [1.82, 2.24) is 9.88 Å². The van der Waals surface area contributed by atoms with Crippen molar-refractivity contribution in [1.29, 1.82) is 0 Å². The second-order valence-electron chi connectivity index (χ2n) is 8.16. The monoisotopic (exact) mass is 564 g/mol. The first-order valence-electron chi connectivity index (χ1n) is 10.7. The van der Waals surface area contributed by atoms with Gasteiger partial charge >= 0.3 is 6.18 Å². The lowest BCUT2D eigenvalue weighted by Gasteiger charge is -2.35. The fourth-order valence-electron chi connectivity index (χ4n) is 4.61. The van der Waals surface area contributed by atoms with Crippen LogP contribution in [0.3, 0.4) is 0 Å². The highest BCUT2D eigenvalue weighted by Gasteiger charge is 2.38. The topological polar surface area (TPSA) is 54.6 Å². The van der Waals surface area contributed by atoms with Crippen LogP contribution in [0, 0.1) is 0 Å². The van der Waals surface area contributed by atoms with E-state index in [1.807, 2.05) is 29.6 Å². The minimum Gasteiger partial charge on any atom is -0.497 e. The Morgan fingerprint density at radius 3 is 2.60 bits per heavy atom. The Kier molecular flexibility index (Phi) is 6.04. The molecule has 0 saturated heterocycles. The quantitative estimate of drug-likeness (QED) is 0.296. The van der Waals surface area contributed by atoms with Gasteiger partial charge in [0.2, 0.25) is 0 Å². The molecule has 35 heavy (non-hydrogen) atoms. The Labute approximate surface area is 211 Å². The number of H-pyrrole nitrogens is 1. The number of nitrogens with one attached hydrogen (secondary N) is 1. The highest BCUT2D eigenvalue weighted by molar-refractivity contribution is 9.10. The lowest BCUT2D eigenvalue weighted by Crippen LogP contribution is -2.40. The number of amides is 1. The lowest BCUT2D eigenvalue weighted by molar-refractivity contribution is -0.138. The van der Waals surface area contributed by atoms with Crippen molar-refractivity contribution in [2.45, 2.75) is 18.6 Å². The molecule has 2 aromatic carbocycles. The van der Waals surface area contributed by atoms with E-state index in [1.165, 1.54) is 30.6 Å². The Morgan fingerprint density at radius 1 is 1.14 bits per heavy atom. The summed E-state index contributed by atoms with van der Waals surface area (Å²) in [6.07, 6.45) is -4.09. The number of carbonyl (C=O) groups is 1. The molecule has 0 aliphatic carbocycles. The van der Waals surface area contributed by atoms with E-state index in [0.717, 1.165) is 43.3 Å². The average molecular weight is 565 g/mol. The van der Waals surface area contributed by atoms with E-state index in [4.69, 9.17) is 9.47 Å². The predicted molar refractivity (Wildman–Crippen MR) is 131 cm³/mol. The molecular formula is C25H20BrF3N2O3S. The fraction of sp³-hybridized carbons (Fsp3) is 0.240. The molecule has 0 spiro atoms. The molecule has 0 bridgehead atoms. The zero-order valence-electron chi connectivity index (χ0n) is 18.7. The second-order valence-corrected chi connectivity index (χ2v) is 10.0. The summed E-state index contributed by atoms with van der Waals surface area (Å²) in [7, 11) is 2.78. The van der Waals surface area contributed by atoms with Crippen molar-refractivity contribution in [3.8, 4) is 11.5 Å². The van der Waals surface area contributed by atoms with E-state index >= 15 is 0 Å². The molecule has 0 unspecified atom stereocenters. The Morgan fingerprint density at radius 2 is 1.94 bits per heavy atom. The minimum atomic E-state index is -4.65. The number of methoxy groups -OCH3 is 2. The third-order valence-electron chi connectivity index (χ3n) is 6.20. The van der Waals surface area contributed by atoms with Gasteiger partial charge in [0, 0.05) is 43.4 Å². The number of rotatable bonds is 4. The van der Waals surface area contributed by atoms with Crippen molar-refractivity contribution < 1.29 is 27.4 Å². The zero-order chi connectivity index (χ0) is 24.9. The van der Waals surface area contributed by atoms with E-state index < -0.39 is 23.7 Å². The van der Waals surface area contributed by atoms with Gasteiger partial charge in [-0.2, -0.15) is 13.2 Å². The van der Waals surface area contributed by atoms with Crippen LogP contribution in [0.2, 0.25) is 0 Å². The molecule has 4 aromatic rings. The van der Waals surface area contributed by atoms with Gasteiger partial charge in [-0.1, -0.05) is 0 Å². The summed E-state index contributed by atoms with van der Waals surface area (Å²) in [6, 6.07) is 10.7. The number of ether oxygens (including phenoxy) is 2. The summed E-state index contributed by atoms with van der Waals surface area (Å²) in [6.45, 7) is 0.351. The normalized spacial score (nSPS) is 15.8. The molecule has 1 aliphatic rings. The SMILES string of the molecule is COc1ccc2[nH]c3c(c2c1)CCN(C(=O)c1ccc(OC)c(C(F)(F)F)c1)[C@@H]3c1cc(Br)cs1. The number of nitrogens with zero attached hydrogens (tertiary/aromatic N) is 1. The average Bonchev–Trinajstić information content (AvgIpc) is 3.44. The van der Waals surface area contributed by atoms with Crippen LogP contribution < -0.4 is 9.47 Å². The molecule has 1 atom stereocenters.